The van der Waals surface area contributed by atoms with Crippen LogP contribution in [0.15, 0.2) is 42.5 Å². The normalized spacial score (nSPS) is 18.6. The van der Waals surface area contributed by atoms with Crippen LogP contribution in [0.3, 0.4) is 0 Å². The molecule has 9 heteroatoms. The molecule has 2 aliphatic rings. The lowest BCUT2D eigenvalue weighted by Gasteiger charge is -2.43. The van der Waals surface area contributed by atoms with Gasteiger partial charge in [0.1, 0.15) is 5.82 Å². The zero-order valence-corrected chi connectivity index (χ0v) is 18.8. The van der Waals surface area contributed by atoms with Gasteiger partial charge in [-0.05, 0) is 49.6 Å². The van der Waals surface area contributed by atoms with Crippen LogP contribution >= 0.6 is 0 Å². The molecule has 2 heterocycles. The summed E-state index contributed by atoms with van der Waals surface area (Å²) in [4.78, 5) is 28.7. The molecule has 2 aromatic rings. The molecule has 0 atom stereocenters. The van der Waals surface area contributed by atoms with E-state index in [1.54, 1.807) is 23.1 Å². The maximum absolute atomic E-state index is 14.6. The summed E-state index contributed by atoms with van der Waals surface area (Å²) in [7, 11) is 0. The smallest absolute Gasteiger partial charge is 0.381 e. The van der Waals surface area contributed by atoms with Crippen LogP contribution in [-0.4, -0.2) is 56.0 Å². The molecule has 0 saturated carbocycles. The summed E-state index contributed by atoms with van der Waals surface area (Å²) < 4.78 is 60.0. The Bertz CT molecular complexity index is 1070. The van der Waals surface area contributed by atoms with E-state index < -0.39 is 23.0 Å². The van der Waals surface area contributed by atoms with Crippen LogP contribution in [0.25, 0.3) is 0 Å². The third-order valence-corrected chi connectivity index (χ3v) is 6.76. The van der Waals surface area contributed by atoms with Crippen molar-refractivity contribution in [2.24, 2.45) is 0 Å². The molecule has 0 unspecified atom stereocenters. The second-order valence-corrected chi connectivity index (χ2v) is 8.77. The Labute approximate surface area is 195 Å². The average molecular weight is 478 g/mol. The quantitative estimate of drug-likeness (QED) is 0.482. The van der Waals surface area contributed by atoms with Crippen LogP contribution in [0.4, 0.5) is 23.2 Å². The lowest BCUT2D eigenvalue weighted by molar-refractivity contribution is -0.142. The van der Waals surface area contributed by atoms with Crippen molar-refractivity contribution in [2.45, 2.75) is 31.4 Å². The Morgan fingerprint density at radius 1 is 0.971 bits per heavy atom. The highest BCUT2D eigenvalue weighted by atomic mass is 19.4. The molecule has 1 amide bonds. The Morgan fingerprint density at radius 3 is 2.24 bits per heavy atom. The molecule has 34 heavy (non-hydrogen) atoms. The molecule has 5 nitrogen and oxygen atoms in total. The van der Waals surface area contributed by atoms with Gasteiger partial charge in [-0.15, -0.1) is 0 Å². The fourth-order valence-electron chi connectivity index (χ4n) is 4.77. The summed E-state index contributed by atoms with van der Waals surface area (Å²) >= 11 is 0. The molecule has 0 N–H and O–H groups in total. The number of piperazine rings is 1. The molecule has 0 bridgehead atoms. The number of halogens is 4. The number of benzene rings is 2. The van der Waals surface area contributed by atoms with Crippen molar-refractivity contribution < 1.29 is 31.9 Å². The predicted octanol–water partition coefficient (Wildman–Crippen LogP) is 4.44. The topological polar surface area (TPSA) is 49.9 Å². The average Bonchev–Trinajstić information content (AvgIpc) is 2.83. The maximum atomic E-state index is 14.6. The van der Waals surface area contributed by atoms with Crippen LogP contribution in [0, 0.1) is 5.82 Å². The third-order valence-electron chi connectivity index (χ3n) is 6.76. The molecule has 0 aliphatic carbocycles. The van der Waals surface area contributed by atoms with Crippen molar-refractivity contribution in [3.63, 3.8) is 0 Å². The number of hydrogen-bond acceptors (Lipinski definition) is 4. The molecule has 2 fully saturated rings. The molecule has 0 spiro atoms. The number of amides is 1. The van der Waals surface area contributed by atoms with Crippen LogP contribution < -0.4 is 4.90 Å². The van der Waals surface area contributed by atoms with Gasteiger partial charge in [0.05, 0.1) is 16.7 Å². The van der Waals surface area contributed by atoms with Gasteiger partial charge < -0.3 is 14.5 Å². The zero-order valence-electron chi connectivity index (χ0n) is 18.8. The molecule has 2 saturated heterocycles. The molecular weight excluding hydrogens is 452 g/mol. The lowest BCUT2D eigenvalue weighted by Crippen LogP contribution is -2.56. The van der Waals surface area contributed by atoms with E-state index in [1.165, 1.54) is 19.1 Å². The standard InChI is InChI=1S/C25H26F4N2O3/c1-17(32)18-5-6-22(21(26)15-18)30-9-11-31(12-10-30)23(33)24(7-13-34-14-8-24)19-3-2-4-20(16-19)25(27,28)29/h2-6,15-16H,7-14H2,1H3. The molecular formula is C25H26F4N2O3. The number of Topliss-reactive ketones (excluding diaryl/α,β-unsaturated/α-hetero) is 1. The number of alkyl halides is 3. The molecule has 182 valence electrons. The van der Waals surface area contributed by atoms with Crippen molar-refractivity contribution in [2.75, 3.05) is 44.3 Å². The van der Waals surface area contributed by atoms with E-state index in [9.17, 15) is 27.2 Å². The van der Waals surface area contributed by atoms with Crippen molar-refractivity contribution >= 4 is 17.4 Å². The van der Waals surface area contributed by atoms with Crippen molar-refractivity contribution in [3.8, 4) is 0 Å². The molecule has 4 rings (SSSR count). The van der Waals surface area contributed by atoms with Crippen molar-refractivity contribution in [1.29, 1.82) is 0 Å². The van der Waals surface area contributed by atoms with Crippen molar-refractivity contribution in [3.05, 3.63) is 65.0 Å². The number of hydrogen-bond donors (Lipinski definition) is 0. The second kappa shape index (κ2) is 9.37. The van der Waals surface area contributed by atoms with Crippen LogP contribution in [0.5, 0.6) is 0 Å². The molecule has 2 aromatic carbocycles. The number of anilines is 1. The summed E-state index contributed by atoms with van der Waals surface area (Å²) in [6.07, 6.45) is -3.90. The van der Waals surface area contributed by atoms with Crippen molar-refractivity contribution in [1.82, 2.24) is 4.90 Å². The fraction of sp³-hybridized carbons (Fsp3) is 0.440. The summed E-state index contributed by atoms with van der Waals surface area (Å²) in [5.41, 5.74) is -0.869. The van der Waals surface area contributed by atoms with Crippen LogP contribution in [-0.2, 0) is 21.1 Å². The summed E-state index contributed by atoms with van der Waals surface area (Å²) in [5, 5.41) is 0. The van der Waals surface area contributed by atoms with Gasteiger partial charge in [0.2, 0.25) is 5.91 Å². The first-order chi connectivity index (χ1) is 16.1. The minimum absolute atomic E-state index is 0.220. The van der Waals surface area contributed by atoms with Gasteiger partial charge >= 0.3 is 6.18 Å². The van der Waals surface area contributed by atoms with E-state index in [-0.39, 0.29) is 30.5 Å². The highest BCUT2D eigenvalue weighted by Gasteiger charge is 2.45. The third kappa shape index (κ3) is 4.66. The first-order valence-corrected chi connectivity index (χ1v) is 11.2. The van der Waals surface area contributed by atoms with E-state index in [4.69, 9.17) is 4.74 Å². The Hall–Kier alpha value is -2.94. The highest BCUT2D eigenvalue weighted by Crippen LogP contribution is 2.40. The molecule has 0 radical (unpaired) electrons. The Balaban J connectivity index is 1.54. The number of ketones is 1. The van der Waals surface area contributed by atoms with E-state index in [1.807, 2.05) is 4.90 Å². The minimum atomic E-state index is -4.50. The number of carbonyl (C=O) groups excluding carboxylic acids is 2. The van der Waals surface area contributed by atoms with Gasteiger partial charge in [-0.2, -0.15) is 13.2 Å². The van der Waals surface area contributed by atoms with Gasteiger partial charge in [-0.3, -0.25) is 9.59 Å². The summed E-state index contributed by atoms with van der Waals surface area (Å²) in [6, 6.07) is 9.35. The van der Waals surface area contributed by atoms with E-state index in [2.05, 4.69) is 0 Å². The molecule has 0 aromatic heterocycles. The SMILES string of the molecule is CC(=O)c1ccc(N2CCN(C(=O)C3(c4cccc(C(F)(F)F)c4)CCOCC3)CC2)c(F)c1. The monoisotopic (exact) mass is 478 g/mol. The Kier molecular flexibility index (Phi) is 6.66. The van der Waals surface area contributed by atoms with Crippen LogP contribution in [0.2, 0.25) is 0 Å². The first-order valence-electron chi connectivity index (χ1n) is 11.2. The number of nitrogens with zero attached hydrogens (tertiary/aromatic N) is 2. The minimum Gasteiger partial charge on any atom is -0.381 e. The summed E-state index contributed by atoms with van der Waals surface area (Å²) in [6.45, 7) is 3.32. The number of rotatable bonds is 4. The zero-order chi connectivity index (χ0) is 24.5. The highest BCUT2D eigenvalue weighted by molar-refractivity contribution is 5.94. The van der Waals surface area contributed by atoms with Crippen LogP contribution in [0.1, 0.15) is 41.3 Å². The van der Waals surface area contributed by atoms with Gasteiger partial charge in [0.25, 0.3) is 0 Å². The van der Waals surface area contributed by atoms with E-state index >= 15 is 0 Å². The Morgan fingerprint density at radius 2 is 1.65 bits per heavy atom. The van der Waals surface area contributed by atoms with E-state index in [0.29, 0.717) is 50.3 Å². The lowest BCUT2D eigenvalue weighted by atomic mass is 9.72. The van der Waals surface area contributed by atoms with Gasteiger partial charge in [0.15, 0.2) is 5.78 Å². The number of carbonyl (C=O) groups is 2. The first kappa shape index (κ1) is 24.2. The maximum Gasteiger partial charge on any atom is 0.416 e. The van der Waals surface area contributed by atoms with E-state index in [0.717, 1.165) is 12.1 Å². The van der Waals surface area contributed by atoms with Gasteiger partial charge in [-0.25, -0.2) is 4.39 Å². The van der Waals surface area contributed by atoms with Gasteiger partial charge in [-0.1, -0.05) is 18.2 Å². The largest absolute Gasteiger partial charge is 0.416 e. The second-order valence-electron chi connectivity index (χ2n) is 8.77. The molecule has 2 aliphatic heterocycles. The fourth-order valence-corrected chi connectivity index (χ4v) is 4.77. The summed E-state index contributed by atoms with van der Waals surface area (Å²) in [5.74, 6) is -0.947. The predicted molar refractivity (Wildman–Crippen MR) is 118 cm³/mol. The van der Waals surface area contributed by atoms with Gasteiger partial charge in [0, 0.05) is 45.0 Å². The number of ether oxygens (including phenoxy) is 1.